The fraction of sp³-hybridized carbons (Fsp3) is 0.250. The maximum Gasteiger partial charge on any atom is 0.251 e. The van der Waals surface area contributed by atoms with Gasteiger partial charge in [-0.25, -0.2) is 27.0 Å². The third-order valence-electron chi connectivity index (χ3n) is 6.20. The van der Waals surface area contributed by atoms with Crippen molar-refractivity contribution in [1.82, 2.24) is 15.6 Å². The van der Waals surface area contributed by atoms with Gasteiger partial charge in [0.25, 0.3) is 5.91 Å². The summed E-state index contributed by atoms with van der Waals surface area (Å²) in [7, 11) is -6.42. The number of rotatable bonds is 13. The Morgan fingerprint density at radius 3 is 2.29 bits per heavy atom. The quantitative estimate of drug-likeness (QED) is 0.189. The highest BCUT2D eigenvalue weighted by molar-refractivity contribution is 7.91. The first-order chi connectivity index (χ1) is 20.0. The zero-order valence-corrected chi connectivity index (χ0v) is 25.1. The third kappa shape index (κ3) is 8.20. The van der Waals surface area contributed by atoms with Gasteiger partial charge in [0.1, 0.15) is 5.01 Å². The normalized spacial score (nSPS) is 12.6. The lowest BCUT2D eigenvalue weighted by Gasteiger charge is -2.15. The lowest BCUT2D eigenvalue weighted by Crippen LogP contribution is -2.37. The van der Waals surface area contributed by atoms with Crippen molar-refractivity contribution in [1.29, 1.82) is 0 Å². The molecule has 14 heteroatoms. The van der Waals surface area contributed by atoms with Crippen molar-refractivity contribution in [2.24, 2.45) is 5.14 Å². The van der Waals surface area contributed by atoms with E-state index in [1.165, 1.54) is 0 Å². The van der Waals surface area contributed by atoms with E-state index in [1.54, 1.807) is 67.8 Å². The van der Waals surface area contributed by atoms with E-state index in [9.17, 15) is 26.4 Å². The van der Waals surface area contributed by atoms with Crippen LogP contribution < -0.4 is 15.8 Å². The number of fused-ring (bicyclic) bond motifs is 1. The smallest absolute Gasteiger partial charge is 0.251 e. The van der Waals surface area contributed by atoms with Crippen molar-refractivity contribution in [3.63, 3.8) is 0 Å². The van der Waals surface area contributed by atoms with Crippen LogP contribution in [0, 0.1) is 0 Å². The number of benzene rings is 3. The summed E-state index contributed by atoms with van der Waals surface area (Å²) in [5.74, 6) is -2.05. The minimum atomic E-state index is -4.12. The number of nitrogens with zero attached hydrogens (tertiary/aromatic N) is 1. The van der Waals surface area contributed by atoms with Crippen LogP contribution in [0.3, 0.4) is 0 Å². The number of carbonyl (C=O) groups is 2. The molecule has 222 valence electrons. The van der Waals surface area contributed by atoms with Crippen molar-refractivity contribution < 1.29 is 31.2 Å². The monoisotopic (exact) mass is 630 g/mol. The highest BCUT2D eigenvalue weighted by Gasteiger charge is 2.37. The Kier molecular flexibility index (Phi) is 10.1. The fourth-order valence-electron chi connectivity index (χ4n) is 4.14. The first-order valence-electron chi connectivity index (χ1n) is 12.8. The molecule has 0 spiro atoms. The molecule has 42 heavy (non-hydrogen) atoms. The SMILES string of the molecule is COCCNC(=O)c1ccc(-c2ccc3nc(C(C(=O)NCCS(N)(=O)=O)S(=O)(=O)Cc4ccccc4)sc3c2)cc1. The molecule has 4 aromatic rings. The molecule has 0 aliphatic carbocycles. The van der Waals surface area contributed by atoms with Gasteiger partial charge in [0.2, 0.25) is 15.9 Å². The Morgan fingerprint density at radius 1 is 0.929 bits per heavy atom. The van der Waals surface area contributed by atoms with Gasteiger partial charge in [-0.2, -0.15) is 0 Å². The largest absolute Gasteiger partial charge is 0.383 e. The summed E-state index contributed by atoms with van der Waals surface area (Å²) in [6.45, 7) is 0.463. The number of primary sulfonamides is 1. The minimum absolute atomic E-state index is 0.0641. The van der Waals surface area contributed by atoms with E-state index in [1.807, 2.05) is 12.1 Å². The van der Waals surface area contributed by atoms with Crippen LogP contribution in [0.15, 0.2) is 72.8 Å². The number of nitrogens with one attached hydrogen (secondary N) is 2. The Bertz CT molecular complexity index is 1770. The standard InChI is InChI=1S/C28H30N4O7S3/c1-39-15-13-30-26(33)21-9-7-20(8-10-21)22-11-12-23-24(17-22)40-28(32-23)25(27(34)31-14-16-42(29,37)38)41(35,36)18-19-5-3-2-4-6-19/h2-12,17,25H,13-16,18H2,1H3,(H,30,33)(H,31,34)(H2,29,37,38). The van der Waals surface area contributed by atoms with E-state index in [4.69, 9.17) is 9.88 Å². The second-order valence-corrected chi connectivity index (χ2v) is 14.3. The minimum Gasteiger partial charge on any atom is -0.383 e. The van der Waals surface area contributed by atoms with E-state index in [0.717, 1.165) is 22.5 Å². The third-order valence-corrected chi connectivity index (χ3v) is 10.1. The number of aromatic nitrogens is 1. The van der Waals surface area contributed by atoms with Gasteiger partial charge in [0.05, 0.1) is 28.3 Å². The molecule has 0 bridgehead atoms. The number of sulfonamides is 1. The van der Waals surface area contributed by atoms with E-state index >= 15 is 0 Å². The summed E-state index contributed by atoms with van der Waals surface area (Å²) in [5, 5.41) is 8.59. The summed E-state index contributed by atoms with van der Waals surface area (Å²) >= 11 is 1.07. The molecule has 3 aromatic carbocycles. The number of hydrogen-bond donors (Lipinski definition) is 3. The van der Waals surface area contributed by atoms with Crippen molar-refractivity contribution in [2.45, 2.75) is 11.0 Å². The van der Waals surface area contributed by atoms with Gasteiger partial charge in [0.15, 0.2) is 15.1 Å². The van der Waals surface area contributed by atoms with Crippen LogP contribution in [0.25, 0.3) is 21.3 Å². The van der Waals surface area contributed by atoms with Crippen LogP contribution in [0.5, 0.6) is 0 Å². The number of hydrogen-bond acceptors (Lipinski definition) is 9. The van der Waals surface area contributed by atoms with E-state index in [0.29, 0.717) is 34.5 Å². The van der Waals surface area contributed by atoms with E-state index < -0.39 is 42.5 Å². The Morgan fingerprint density at radius 2 is 1.62 bits per heavy atom. The molecular weight excluding hydrogens is 601 g/mol. The molecule has 0 saturated heterocycles. The molecule has 0 aliphatic heterocycles. The summed E-state index contributed by atoms with van der Waals surface area (Å²) in [6.07, 6.45) is 0. The highest BCUT2D eigenvalue weighted by Crippen LogP contribution is 2.35. The van der Waals surface area contributed by atoms with Crippen molar-refractivity contribution in [2.75, 3.05) is 32.6 Å². The van der Waals surface area contributed by atoms with Crippen LogP contribution in [0.4, 0.5) is 0 Å². The summed E-state index contributed by atoms with van der Waals surface area (Å²) in [6, 6.07) is 20.9. The van der Waals surface area contributed by atoms with Crippen LogP contribution in [-0.2, 0) is 35.1 Å². The number of amides is 2. The molecule has 0 radical (unpaired) electrons. The number of nitrogens with two attached hydrogens (primary N) is 1. The molecule has 0 aliphatic rings. The zero-order chi connectivity index (χ0) is 30.3. The van der Waals surface area contributed by atoms with Gasteiger partial charge in [-0.05, 0) is 41.0 Å². The van der Waals surface area contributed by atoms with E-state index in [-0.39, 0.29) is 17.5 Å². The number of thiazole rings is 1. The van der Waals surface area contributed by atoms with Gasteiger partial charge in [-0.1, -0.05) is 48.5 Å². The lowest BCUT2D eigenvalue weighted by atomic mass is 10.0. The number of methoxy groups -OCH3 is 1. The number of carbonyl (C=O) groups excluding carboxylic acids is 2. The van der Waals surface area contributed by atoms with E-state index in [2.05, 4.69) is 15.6 Å². The first kappa shape index (κ1) is 31.3. The maximum atomic E-state index is 13.6. The van der Waals surface area contributed by atoms with Gasteiger partial charge < -0.3 is 15.4 Å². The maximum absolute atomic E-state index is 13.6. The predicted molar refractivity (Wildman–Crippen MR) is 162 cm³/mol. The summed E-state index contributed by atoms with van der Waals surface area (Å²) in [5.41, 5.74) is 3.14. The second kappa shape index (κ2) is 13.5. The number of sulfone groups is 1. The molecule has 2 amide bonds. The summed E-state index contributed by atoms with van der Waals surface area (Å²) < 4.78 is 55.4. The molecule has 4 rings (SSSR count). The Balaban J connectivity index is 1.62. The average Bonchev–Trinajstić information content (AvgIpc) is 3.35. The topological polar surface area (TPSA) is 175 Å². The molecule has 1 unspecified atom stereocenters. The predicted octanol–water partition coefficient (Wildman–Crippen LogP) is 2.40. The highest BCUT2D eigenvalue weighted by atomic mass is 32.2. The van der Waals surface area contributed by atoms with Gasteiger partial charge >= 0.3 is 0 Å². The molecule has 1 aromatic heterocycles. The average molecular weight is 631 g/mol. The second-order valence-electron chi connectivity index (χ2n) is 9.39. The van der Waals surface area contributed by atoms with Gasteiger partial charge in [-0.3, -0.25) is 9.59 Å². The summed E-state index contributed by atoms with van der Waals surface area (Å²) in [4.78, 5) is 30.0. The van der Waals surface area contributed by atoms with Crippen LogP contribution in [0.2, 0.25) is 0 Å². The Hall–Kier alpha value is -3.69. The van der Waals surface area contributed by atoms with Gasteiger partial charge in [0, 0.05) is 25.8 Å². The fourth-order valence-corrected chi connectivity index (χ4v) is 7.70. The Labute approximate surface area is 248 Å². The van der Waals surface area contributed by atoms with Crippen molar-refractivity contribution >= 4 is 53.2 Å². The molecule has 0 saturated carbocycles. The lowest BCUT2D eigenvalue weighted by molar-refractivity contribution is -0.120. The molecule has 1 atom stereocenters. The van der Waals surface area contributed by atoms with Gasteiger partial charge in [-0.15, -0.1) is 11.3 Å². The molecule has 4 N–H and O–H groups in total. The first-order valence-corrected chi connectivity index (χ1v) is 17.0. The molecule has 1 heterocycles. The van der Waals surface area contributed by atoms with Crippen LogP contribution in [-0.4, -0.2) is 66.2 Å². The molecular formula is C28H30N4O7S3. The van der Waals surface area contributed by atoms with Crippen LogP contribution >= 0.6 is 11.3 Å². The molecule has 0 fully saturated rings. The number of ether oxygens (including phenoxy) is 1. The molecule has 11 nitrogen and oxygen atoms in total. The van der Waals surface area contributed by atoms with Crippen molar-refractivity contribution in [3.05, 3.63) is 88.9 Å². The van der Waals surface area contributed by atoms with Crippen LogP contribution in [0.1, 0.15) is 26.2 Å². The van der Waals surface area contributed by atoms with Crippen molar-refractivity contribution in [3.8, 4) is 11.1 Å². The zero-order valence-electron chi connectivity index (χ0n) is 22.6.